The van der Waals surface area contributed by atoms with Crippen LogP contribution in [0.25, 0.3) is 22.0 Å². The maximum absolute atomic E-state index is 14.5. The minimum atomic E-state index is -4.72. The van der Waals surface area contributed by atoms with Crippen molar-refractivity contribution in [3.8, 4) is 11.1 Å². The molecule has 4 aromatic rings. The van der Waals surface area contributed by atoms with E-state index in [9.17, 15) is 32.3 Å². The Bertz CT molecular complexity index is 2220. The van der Waals surface area contributed by atoms with Crippen LogP contribution in [0.2, 0.25) is 0 Å². The number of benzene rings is 1. The number of nitrogens with zero attached hydrogens (tertiary/aromatic N) is 7. The number of aromatic nitrogens is 5. The van der Waals surface area contributed by atoms with E-state index in [1.807, 2.05) is 31.2 Å². The number of rotatable bonds is 4. The van der Waals surface area contributed by atoms with Crippen molar-refractivity contribution in [1.29, 1.82) is 0 Å². The molecule has 1 N–H and O–H groups in total. The van der Waals surface area contributed by atoms with Crippen LogP contribution in [0.3, 0.4) is 0 Å². The lowest BCUT2D eigenvalue weighted by Crippen LogP contribution is -2.47. The number of amides is 3. The van der Waals surface area contributed by atoms with Crippen LogP contribution in [0.1, 0.15) is 72.7 Å². The van der Waals surface area contributed by atoms with Gasteiger partial charge in [0, 0.05) is 61.2 Å². The van der Waals surface area contributed by atoms with E-state index in [-0.39, 0.29) is 42.1 Å². The van der Waals surface area contributed by atoms with Crippen molar-refractivity contribution in [3.63, 3.8) is 0 Å². The highest BCUT2D eigenvalue weighted by molar-refractivity contribution is 6.07. The molecule has 0 radical (unpaired) electrons. The number of piperidine rings is 1. The van der Waals surface area contributed by atoms with Gasteiger partial charge >= 0.3 is 6.18 Å². The summed E-state index contributed by atoms with van der Waals surface area (Å²) >= 11 is 0. The van der Waals surface area contributed by atoms with Gasteiger partial charge in [-0.3, -0.25) is 23.9 Å². The Balaban J connectivity index is 1.31. The van der Waals surface area contributed by atoms with E-state index in [0.29, 0.717) is 54.5 Å². The molecule has 5 heterocycles. The smallest absolute Gasteiger partial charge is 0.345 e. The van der Waals surface area contributed by atoms with Gasteiger partial charge in [0.1, 0.15) is 35.6 Å². The molecule has 282 valence electrons. The highest BCUT2D eigenvalue weighted by Gasteiger charge is 2.67. The molecular weight excluding hydrogens is 701 g/mol. The molecule has 3 aromatic heterocycles. The Hall–Kier alpha value is -5.47. The van der Waals surface area contributed by atoms with E-state index in [1.165, 1.54) is 29.5 Å². The van der Waals surface area contributed by atoms with Crippen molar-refractivity contribution in [1.82, 2.24) is 34.5 Å². The van der Waals surface area contributed by atoms with Gasteiger partial charge in [-0.25, -0.2) is 15.0 Å². The number of carbonyl (C=O) groups excluding carboxylic acids is 4. The molecule has 4 atom stereocenters. The van der Waals surface area contributed by atoms with Gasteiger partial charge in [-0.2, -0.15) is 18.3 Å². The minimum Gasteiger partial charge on any atom is -0.345 e. The van der Waals surface area contributed by atoms with E-state index in [2.05, 4.69) is 25.4 Å². The summed E-state index contributed by atoms with van der Waals surface area (Å²) in [4.78, 5) is 70.7. The third-order valence-corrected chi connectivity index (χ3v) is 10.9. The Morgan fingerprint density at radius 3 is 2.46 bits per heavy atom. The number of allylic oxidation sites excluding steroid dienone is 2. The van der Waals surface area contributed by atoms with E-state index in [1.54, 1.807) is 31.3 Å². The molecule has 12 nitrogen and oxygen atoms in total. The highest BCUT2D eigenvalue weighted by Crippen LogP contribution is 2.60. The van der Waals surface area contributed by atoms with Crippen molar-refractivity contribution < 1.29 is 32.3 Å². The van der Waals surface area contributed by atoms with E-state index in [4.69, 9.17) is 0 Å². The van der Waals surface area contributed by atoms with Gasteiger partial charge in [0.2, 0.25) is 17.7 Å². The highest BCUT2D eigenvalue weighted by atomic mass is 19.4. The molecule has 54 heavy (non-hydrogen) atoms. The maximum atomic E-state index is 14.5. The van der Waals surface area contributed by atoms with Gasteiger partial charge in [-0.05, 0) is 80.8 Å². The summed E-state index contributed by atoms with van der Waals surface area (Å²) in [5.41, 5.74) is 1.66. The molecule has 1 saturated carbocycles. The van der Waals surface area contributed by atoms with Crippen LogP contribution in [-0.4, -0.2) is 83.7 Å². The molecule has 15 heteroatoms. The maximum Gasteiger partial charge on any atom is 0.433 e. The molecular formula is C39H41F3N8O4. The average molecular weight is 743 g/mol. The zero-order valence-electron chi connectivity index (χ0n) is 30.7. The molecule has 1 aliphatic carbocycles. The molecule has 2 bridgehead atoms. The number of anilines is 1. The first-order valence-electron chi connectivity index (χ1n) is 18.0. The fraction of sp³-hybridized carbons (Fsp3) is 0.436. The van der Waals surface area contributed by atoms with Crippen molar-refractivity contribution >= 4 is 40.2 Å². The van der Waals surface area contributed by atoms with Crippen molar-refractivity contribution in [2.75, 3.05) is 18.9 Å². The van der Waals surface area contributed by atoms with Gasteiger partial charge in [0.15, 0.2) is 5.78 Å². The van der Waals surface area contributed by atoms with Crippen LogP contribution in [0, 0.1) is 25.2 Å². The van der Waals surface area contributed by atoms with Gasteiger partial charge in [0.05, 0.1) is 5.52 Å². The molecule has 0 spiro atoms. The standard InChI is InChI=1S/C39H41F3N8O4/c1-21-11-12-30(39(40,41)42)45-35(21)46-36(53)29-15-38-16-31(38)50(29)32(52)19-49-34-25(10-8-6-7-9-22(2)37(54)48(5)20-38)13-26(27-17-43-24(4)44-18-27)14-28(34)33(47-49)23(3)51/h6,8,11-14,17-18,22,29,31H,7,9-10,15-16,19-20H2,1-5H3,(H,45,46,53)/b8-6+/t22-,29-,31+,38-/m0/s1. The molecule has 2 aliphatic heterocycles. The van der Waals surface area contributed by atoms with Gasteiger partial charge in [-0.1, -0.05) is 25.1 Å². The van der Waals surface area contributed by atoms with Gasteiger partial charge in [-0.15, -0.1) is 0 Å². The first-order chi connectivity index (χ1) is 25.6. The molecule has 0 unspecified atom stereocenters. The predicted octanol–water partition coefficient (Wildman–Crippen LogP) is 5.71. The van der Waals surface area contributed by atoms with Crippen molar-refractivity contribution in [2.24, 2.45) is 11.3 Å². The van der Waals surface area contributed by atoms with E-state index in [0.717, 1.165) is 22.8 Å². The Morgan fingerprint density at radius 2 is 1.76 bits per heavy atom. The van der Waals surface area contributed by atoms with Gasteiger partial charge < -0.3 is 15.1 Å². The Labute approximate surface area is 309 Å². The van der Waals surface area contributed by atoms with Crippen LogP contribution in [0.4, 0.5) is 19.0 Å². The van der Waals surface area contributed by atoms with Gasteiger partial charge in [0.25, 0.3) is 0 Å². The predicted molar refractivity (Wildman–Crippen MR) is 193 cm³/mol. The number of alkyl halides is 3. The molecule has 2 fully saturated rings. The average Bonchev–Trinajstić information content (AvgIpc) is 3.51. The third-order valence-electron chi connectivity index (χ3n) is 10.9. The van der Waals surface area contributed by atoms with Crippen LogP contribution in [0.5, 0.6) is 0 Å². The summed E-state index contributed by atoms with van der Waals surface area (Å²) in [6.45, 7) is 6.61. The van der Waals surface area contributed by atoms with Crippen LogP contribution >= 0.6 is 0 Å². The summed E-state index contributed by atoms with van der Waals surface area (Å²) in [5, 5.41) is 7.79. The van der Waals surface area contributed by atoms with Crippen LogP contribution < -0.4 is 5.32 Å². The third kappa shape index (κ3) is 6.87. The quantitative estimate of drug-likeness (QED) is 0.207. The lowest BCUT2D eigenvalue weighted by atomic mass is 9.96. The summed E-state index contributed by atoms with van der Waals surface area (Å²) in [6.07, 6.45) is 5.16. The molecule has 3 amide bonds. The van der Waals surface area contributed by atoms with E-state index < -0.39 is 41.2 Å². The van der Waals surface area contributed by atoms with Crippen molar-refractivity contribution in [2.45, 2.75) is 84.6 Å². The monoisotopic (exact) mass is 742 g/mol. The molecule has 3 aliphatic rings. The second-order valence-electron chi connectivity index (χ2n) is 14.9. The fourth-order valence-corrected chi connectivity index (χ4v) is 8.03. The van der Waals surface area contributed by atoms with Crippen molar-refractivity contribution in [3.05, 3.63) is 77.2 Å². The molecule has 1 aromatic carbocycles. The van der Waals surface area contributed by atoms with E-state index >= 15 is 0 Å². The van der Waals surface area contributed by atoms with Crippen LogP contribution in [0.15, 0.2) is 48.8 Å². The molecule has 1 saturated heterocycles. The summed E-state index contributed by atoms with van der Waals surface area (Å²) < 4.78 is 42.2. The fourth-order valence-electron chi connectivity index (χ4n) is 8.03. The number of nitrogens with one attached hydrogen (secondary N) is 1. The second kappa shape index (κ2) is 13.7. The van der Waals surface area contributed by atoms with Crippen LogP contribution in [-0.2, 0) is 33.5 Å². The zero-order chi connectivity index (χ0) is 38.7. The Morgan fingerprint density at radius 1 is 1.02 bits per heavy atom. The SMILES string of the molecule is CC(=O)c1nn2c3c(cc(-c4cnc(C)nc4)cc13)C/C=C/CC[C@H](C)C(=O)N(C)C[C@@]13C[C@@H](C(=O)Nc4nc(C(F)(F)F)ccc4C)N(C(=O)C2)[C@@H]1C3. The second-order valence-corrected chi connectivity index (χ2v) is 14.9. The first-order valence-corrected chi connectivity index (χ1v) is 18.0. The minimum absolute atomic E-state index is 0.0473. The Kier molecular flexibility index (Phi) is 9.38. The number of ketones is 1. The number of aryl methyl sites for hydroxylation is 2. The first kappa shape index (κ1) is 36.9. The lowest BCUT2D eigenvalue weighted by Gasteiger charge is -2.27. The number of Topliss-reactive ketones (excluding diaryl/α,β-unsaturated/α-hetero) is 1. The lowest BCUT2D eigenvalue weighted by molar-refractivity contribution is -0.141. The number of carbonyl (C=O) groups is 4. The summed E-state index contributed by atoms with van der Waals surface area (Å²) in [7, 11) is 1.72. The number of pyridine rings is 1. The summed E-state index contributed by atoms with van der Waals surface area (Å²) in [5.74, 6) is -1.39. The number of hydrogen-bond acceptors (Lipinski definition) is 8. The summed E-state index contributed by atoms with van der Waals surface area (Å²) in [6, 6.07) is 4.43. The topological polar surface area (TPSA) is 143 Å². The largest absolute Gasteiger partial charge is 0.433 e. The zero-order valence-corrected chi connectivity index (χ0v) is 30.7. The normalized spacial score (nSPS) is 24.0. The number of halogens is 3. The number of hydrogen-bond donors (Lipinski definition) is 1. The molecule has 7 rings (SSSR count).